The maximum Gasteiger partial charge on any atom is 0.492 e. The Morgan fingerprint density at radius 1 is 1.37 bits per heavy atom. The SMILES string of the molecule is CCn1ncnc1COc1ccc(C)cc1B(O)O. The van der Waals surface area contributed by atoms with Gasteiger partial charge in [-0.05, 0) is 19.9 Å². The Balaban J connectivity index is 2.15. The largest absolute Gasteiger partial charge is 0.492 e. The molecule has 0 bridgehead atoms. The molecule has 19 heavy (non-hydrogen) atoms. The van der Waals surface area contributed by atoms with Crippen molar-refractivity contribution in [3.63, 3.8) is 0 Å². The predicted octanol–water partition coefficient (Wildman–Crippen LogP) is -0.135. The lowest BCUT2D eigenvalue weighted by molar-refractivity contribution is 0.288. The second-order valence-electron chi connectivity index (χ2n) is 4.20. The van der Waals surface area contributed by atoms with Crippen LogP contribution in [0.5, 0.6) is 5.75 Å². The zero-order valence-corrected chi connectivity index (χ0v) is 10.9. The van der Waals surface area contributed by atoms with Gasteiger partial charge in [0.25, 0.3) is 0 Å². The Morgan fingerprint density at radius 3 is 2.84 bits per heavy atom. The van der Waals surface area contributed by atoms with Crippen molar-refractivity contribution in [2.45, 2.75) is 27.0 Å². The number of ether oxygens (including phenoxy) is 1. The van der Waals surface area contributed by atoms with Crippen molar-refractivity contribution in [1.29, 1.82) is 0 Å². The summed E-state index contributed by atoms with van der Waals surface area (Å²) in [6.07, 6.45) is 1.47. The Labute approximate surface area is 111 Å². The van der Waals surface area contributed by atoms with Crippen LogP contribution in [-0.2, 0) is 13.2 Å². The van der Waals surface area contributed by atoms with Crippen molar-refractivity contribution in [2.24, 2.45) is 0 Å². The maximum atomic E-state index is 9.33. The van der Waals surface area contributed by atoms with Crippen molar-refractivity contribution >= 4 is 12.6 Å². The van der Waals surface area contributed by atoms with Gasteiger partial charge in [-0.15, -0.1) is 0 Å². The van der Waals surface area contributed by atoms with Gasteiger partial charge in [-0.3, -0.25) is 0 Å². The Hall–Kier alpha value is -1.86. The van der Waals surface area contributed by atoms with Gasteiger partial charge in [-0.25, -0.2) is 9.67 Å². The lowest BCUT2D eigenvalue weighted by atomic mass is 9.79. The van der Waals surface area contributed by atoms with Gasteiger partial charge in [0.15, 0.2) is 5.82 Å². The van der Waals surface area contributed by atoms with E-state index < -0.39 is 7.12 Å². The van der Waals surface area contributed by atoms with Gasteiger partial charge in [0.05, 0.1) is 0 Å². The number of hydrogen-bond acceptors (Lipinski definition) is 5. The molecular formula is C12H16BN3O3. The molecule has 0 saturated heterocycles. The fraction of sp³-hybridized carbons (Fsp3) is 0.333. The van der Waals surface area contributed by atoms with E-state index in [0.29, 0.717) is 23.6 Å². The number of aryl methyl sites for hydroxylation is 2. The molecular weight excluding hydrogens is 245 g/mol. The predicted molar refractivity (Wildman–Crippen MR) is 71.0 cm³/mol. The summed E-state index contributed by atoms with van der Waals surface area (Å²) in [7, 11) is -1.56. The third kappa shape index (κ3) is 3.13. The minimum atomic E-state index is -1.56. The van der Waals surface area contributed by atoms with E-state index >= 15 is 0 Å². The second-order valence-corrected chi connectivity index (χ2v) is 4.20. The third-order valence-corrected chi connectivity index (χ3v) is 2.80. The first-order valence-electron chi connectivity index (χ1n) is 6.08. The molecule has 1 heterocycles. The maximum absolute atomic E-state index is 9.33. The molecule has 100 valence electrons. The highest BCUT2D eigenvalue weighted by Crippen LogP contribution is 2.11. The van der Waals surface area contributed by atoms with Gasteiger partial charge in [-0.2, -0.15) is 5.10 Å². The van der Waals surface area contributed by atoms with E-state index in [1.807, 2.05) is 19.9 Å². The van der Waals surface area contributed by atoms with Gasteiger partial charge in [0.2, 0.25) is 0 Å². The van der Waals surface area contributed by atoms with Crippen LogP contribution in [0.1, 0.15) is 18.3 Å². The van der Waals surface area contributed by atoms with E-state index in [1.54, 1.807) is 16.8 Å². The number of aromatic nitrogens is 3. The summed E-state index contributed by atoms with van der Waals surface area (Å²) in [5.74, 6) is 1.13. The Kier molecular flexibility index (Phi) is 4.18. The molecule has 0 unspecified atom stereocenters. The molecule has 1 aromatic heterocycles. The minimum absolute atomic E-state index is 0.233. The van der Waals surface area contributed by atoms with Crippen LogP contribution in [0.3, 0.4) is 0 Å². The van der Waals surface area contributed by atoms with Crippen LogP contribution in [0.25, 0.3) is 0 Å². The van der Waals surface area contributed by atoms with Gasteiger partial charge in [-0.1, -0.05) is 17.7 Å². The van der Waals surface area contributed by atoms with Crippen LogP contribution in [-0.4, -0.2) is 31.9 Å². The van der Waals surface area contributed by atoms with Gasteiger partial charge in [0.1, 0.15) is 18.7 Å². The molecule has 0 fully saturated rings. The van der Waals surface area contributed by atoms with Crippen LogP contribution < -0.4 is 10.2 Å². The molecule has 1 aromatic carbocycles. The number of rotatable bonds is 5. The molecule has 7 heteroatoms. The van der Waals surface area contributed by atoms with Crippen LogP contribution in [0.2, 0.25) is 0 Å². The van der Waals surface area contributed by atoms with Gasteiger partial charge < -0.3 is 14.8 Å². The molecule has 0 atom stereocenters. The van der Waals surface area contributed by atoms with E-state index in [0.717, 1.165) is 5.56 Å². The fourth-order valence-corrected chi connectivity index (χ4v) is 1.81. The molecule has 2 rings (SSSR count). The number of hydrogen-bond donors (Lipinski definition) is 2. The average Bonchev–Trinajstić information content (AvgIpc) is 2.84. The molecule has 0 radical (unpaired) electrons. The first-order chi connectivity index (χ1) is 9.11. The second kappa shape index (κ2) is 5.86. The molecule has 0 amide bonds. The van der Waals surface area contributed by atoms with Crippen molar-refractivity contribution < 1.29 is 14.8 Å². The molecule has 2 aromatic rings. The summed E-state index contributed by atoms with van der Waals surface area (Å²) in [5, 5.41) is 22.7. The first kappa shape index (κ1) is 13.6. The Bertz CT molecular complexity index is 557. The van der Waals surface area contributed by atoms with Crippen LogP contribution >= 0.6 is 0 Å². The van der Waals surface area contributed by atoms with Gasteiger partial charge in [0, 0.05) is 12.0 Å². The molecule has 0 aliphatic heterocycles. The highest BCUT2D eigenvalue weighted by atomic mass is 16.5. The smallest absolute Gasteiger partial charge is 0.486 e. The Morgan fingerprint density at radius 2 is 2.16 bits per heavy atom. The zero-order chi connectivity index (χ0) is 13.8. The first-order valence-corrected chi connectivity index (χ1v) is 6.08. The fourth-order valence-electron chi connectivity index (χ4n) is 1.81. The van der Waals surface area contributed by atoms with Crippen molar-refractivity contribution in [3.05, 3.63) is 35.9 Å². The third-order valence-electron chi connectivity index (χ3n) is 2.80. The molecule has 0 aliphatic rings. The molecule has 6 nitrogen and oxygen atoms in total. The highest BCUT2D eigenvalue weighted by molar-refractivity contribution is 6.59. The summed E-state index contributed by atoms with van der Waals surface area (Å²) >= 11 is 0. The summed E-state index contributed by atoms with van der Waals surface area (Å²) < 4.78 is 7.32. The molecule has 0 aliphatic carbocycles. The number of benzene rings is 1. The highest BCUT2D eigenvalue weighted by Gasteiger charge is 2.17. The lowest BCUT2D eigenvalue weighted by Gasteiger charge is -2.11. The normalized spacial score (nSPS) is 10.5. The number of nitrogens with zero attached hydrogens (tertiary/aromatic N) is 3. The van der Waals surface area contributed by atoms with E-state index in [9.17, 15) is 10.0 Å². The lowest BCUT2D eigenvalue weighted by Crippen LogP contribution is -2.31. The van der Waals surface area contributed by atoms with E-state index in [-0.39, 0.29) is 6.61 Å². The van der Waals surface area contributed by atoms with E-state index in [2.05, 4.69) is 10.1 Å². The van der Waals surface area contributed by atoms with Gasteiger partial charge >= 0.3 is 7.12 Å². The van der Waals surface area contributed by atoms with Crippen molar-refractivity contribution in [2.75, 3.05) is 0 Å². The molecule has 0 spiro atoms. The van der Waals surface area contributed by atoms with Crippen molar-refractivity contribution in [3.8, 4) is 5.75 Å². The summed E-state index contributed by atoms with van der Waals surface area (Å²) in [6.45, 7) is 4.79. The molecule has 0 saturated carbocycles. The van der Waals surface area contributed by atoms with E-state index in [4.69, 9.17) is 4.74 Å². The summed E-state index contributed by atoms with van der Waals surface area (Å²) in [6, 6.07) is 5.26. The average molecular weight is 261 g/mol. The quantitative estimate of drug-likeness (QED) is 0.732. The summed E-state index contributed by atoms with van der Waals surface area (Å²) in [4.78, 5) is 4.10. The topological polar surface area (TPSA) is 80.4 Å². The zero-order valence-electron chi connectivity index (χ0n) is 10.9. The summed E-state index contributed by atoms with van der Waals surface area (Å²) in [5.41, 5.74) is 1.29. The van der Waals surface area contributed by atoms with Crippen molar-refractivity contribution in [1.82, 2.24) is 14.8 Å². The van der Waals surface area contributed by atoms with Crippen LogP contribution in [0.15, 0.2) is 24.5 Å². The van der Waals surface area contributed by atoms with Crippen LogP contribution in [0, 0.1) is 6.92 Å². The molecule has 2 N–H and O–H groups in total. The van der Waals surface area contributed by atoms with E-state index in [1.165, 1.54) is 6.33 Å². The minimum Gasteiger partial charge on any atom is -0.486 e. The van der Waals surface area contributed by atoms with Crippen LogP contribution in [0.4, 0.5) is 0 Å². The standard InChI is InChI=1S/C12H16BN3O3/c1-3-16-12(14-8-15-16)7-19-11-5-4-9(2)6-10(11)13(17)18/h4-6,8,17-18H,3,7H2,1-2H3. The monoisotopic (exact) mass is 261 g/mol.